The average Bonchev–Trinajstić information content (AvgIpc) is 1.98. The first-order chi connectivity index (χ1) is 4.81. The maximum atomic E-state index is 5.49. The lowest BCUT2D eigenvalue weighted by Crippen LogP contribution is -1.96. The molecule has 0 amide bonds. The summed E-state index contributed by atoms with van der Waals surface area (Å²) in [5, 5.41) is 0. The quantitative estimate of drug-likeness (QED) is 0.472. The van der Waals surface area contributed by atoms with E-state index < -0.39 is 0 Å². The van der Waals surface area contributed by atoms with Crippen LogP contribution < -0.4 is 5.73 Å². The van der Waals surface area contributed by atoms with Gasteiger partial charge in [0.15, 0.2) is 0 Å². The van der Waals surface area contributed by atoms with Gasteiger partial charge in [0.1, 0.15) is 6.26 Å². The number of rotatable bonds is 5. The van der Waals surface area contributed by atoms with Crippen molar-refractivity contribution in [1.29, 1.82) is 0 Å². The third kappa shape index (κ3) is 5.48. The Labute approximate surface area is 63.1 Å². The van der Waals surface area contributed by atoms with Gasteiger partial charge in [-0.1, -0.05) is 20.3 Å². The van der Waals surface area contributed by atoms with Crippen LogP contribution in [0.15, 0.2) is 12.0 Å². The van der Waals surface area contributed by atoms with Crippen LogP contribution in [0.1, 0.15) is 33.1 Å². The fourth-order valence-corrected chi connectivity index (χ4v) is 0.477. The van der Waals surface area contributed by atoms with Crippen LogP contribution in [0.4, 0.5) is 0 Å². The van der Waals surface area contributed by atoms with Crippen LogP contribution in [-0.4, -0.2) is 6.61 Å². The summed E-state index contributed by atoms with van der Waals surface area (Å²) in [5.41, 5.74) is 6.31. The van der Waals surface area contributed by atoms with Gasteiger partial charge in [0, 0.05) is 5.70 Å². The second-order valence-electron chi connectivity index (χ2n) is 2.27. The molecule has 0 saturated carbocycles. The van der Waals surface area contributed by atoms with Crippen molar-refractivity contribution in [1.82, 2.24) is 0 Å². The number of nitrogens with two attached hydrogens (primary N) is 1. The van der Waals surface area contributed by atoms with E-state index in [0.717, 1.165) is 25.1 Å². The highest BCUT2D eigenvalue weighted by atomic mass is 16.5. The molecule has 0 fully saturated rings. The molecule has 0 unspecified atom stereocenters. The summed E-state index contributed by atoms with van der Waals surface area (Å²) >= 11 is 0. The standard InChI is InChI=1S/C8H17NO/c1-3-5-6-10-7-8(9)4-2/h7H,3-6,9H2,1-2H3. The molecule has 60 valence electrons. The zero-order valence-corrected chi connectivity index (χ0v) is 6.89. The lowest BCUT2D eigenvalue weighted by molar-refractivity contribution is 0.240. The van der Waals surface area contributed by atoms with Crippen LogP contribution in [0, 0.1) is 0 Å². The Hall–Kier alpha value is -0.660. The first-order valence-electron chi connectivity index (χ1n) is 3.87. The molecule has 10 heavy (non-hydrogen) atoms. The van der Waals surface area contributed by atoms with E-state index in [2.05, 4.69) is 6.92 Å². The minimum absolute atomic E-state index is 0.789. The Balaban J connectivity index is 3.16. The lowest BCUT2D eigenvalue weighted by Gasteiger charge is -1.99. The molecule has 0 aromatic carbocycles. The number of ether oxygens (including phenoxy) is 1. The fourth-order valence-electron chi connectivity index (χ4n) is 0.477. The first-order valence-corrected chi connectivity index (χ1v) is 3.87. The van der Waals surface area contributed by atoms with Gasteiger partial charge in [-0.3, -0.25) is 0 Å². The Kier molecular flexibility index (Phi) is 6.03. The van der Waals surface area contributed by atoms with E-state index >= 15 is 0 Å². The predicted octanol–water partition coefficient (Wildman–Crippen LogP) is 2.01. The first kappa shape index (κ1) is 9.34. The summed E-state index contributed by atoms with van der Waals surface area (Å²) in [6, 6.07) is 0. The van der Waals surface area contributed by atoms with E-state index in [1.165, 1.54) is 6.42 Å². The van der Waals surface area contributed by atoms with E-state index in [1.807, 2.05) is 6.92 Å². The fraction of sp³-hybridized carbons (Fsp3) is 0.750. The summed E-state index contributed by atoms with van der Waals surface area (Å²) in [5.74, 6) is 0. The van der Waals surface area contributed by atoms with Crippen molar-refractivity contribution in [3.8, 4) is 0 Å². The third-order valence-electron chi connectivity index (χ3n) is 1.26. The maximum Gasteiger partial charge on any atom is 0.102 e. The largest absolute Gasteiger partial charge is 0.499 e. The highest BCUT2D eigenvalue weighted by molar-refractivity contribution is 4.88. The second-order valence-corrected chi connectivity index (χ2v) is 2.27. The lowest BCUT2D eigenvalue weighted by atomic mass is 10.4. The molecule has 0 radical (unpaired) electrons. The second kappa shape index (κ2) is 6.46. The van der Waals surface area contributed by atoms with Crippen LogP contribution in [0.2, 0.25) is 0 Å². The van der Waals surface area contributed by atoms with E-state index in [-0.39, 0.29) is 0 Å². The monoisotopic (exact) mass is 143 g/mol. The van der Waals surface area contributed by atoms with E-state index in [4.69, 9.17) is 10.5 Å². The Bertz CT molecular complexity index is 99.4. The summed E-state index contributed by atoms with van der Waals surface area (Å²) in [7, 11) is 0. The number of hydrogen-bond donors (Lipinski definition) is 1. The molecule has 2 nitrogen and oxygen atoms in total. The van der Waals surface area contributed by atoms with Crippen LogP contribution in [0.5, 0.6) is 0 Å². The topological polar surface area (TPSA) is 35.2 Å². The van der Waals surface area contributed by atoms with Crippen LogP contribution in [0.25, 0.3) is 0 Å². The Morgan fingerprint density at radius 1 is 1.50 bits per heavy atom. The molecule has 0 aliphatic heterocycles. The molecule has 0 saturated heterocycles. The van der Waals surface area contributed by atoms with Gasteiger partial charge in [-0.25, -0.2) is 0 Å². The zero-order valence-electron chi connectivity index (χ0n) is 6.89. The molecular weight excluding hydrogens is 126 g/mol. The molecule has 0 atom stereocenters. The van der Waals surface area contributed by atoms with Crippen molar-refractivity contribution >= 4 is 0 Å². The minimum atomic E-state index is 0.789. The van der Waals surface area contributed by atoms with Gasteiger partial charge in [0.2, 0.25) is 0 Å². The normalized spacial score (nSPS) is 11.6. The Morgan fingerprint density at radius 2 is 2.20 bits per heavy atom. The predicted molar refractivity (Wildman–Crippen MR) is 43.4 cm³/mol. The minimum Gasteiger partial charge on any atom is -0.499 e. The molecule has 0 aliphatic rings. The van der Waals surface area contributed by atoms with Crippen LogP contribution in [-0.2, 0) is 4.74 Å². The number of unbranched alkanes of at least 4 members (excludes halogenated alkanes) is 1. The smallest absolute Gasteiger partial charge is 0.102 e. The molecule has 0 rings (SSSR count). The van der Waals surface area contributed by atoms with Gasteiger partial charge in [0.25, 0.3) is 0 Å². The molecule has 0 heterocycles. The van der Waals surface area contributed by atoms with Crippen molar-refractivity contribution < 1.29 is 4.74 Å². The highest BCUT2D eigenvalue weighted by Crippen LogP contribution is 1.93. The molecule has 0 spiro atoms. The van der Waals surface area contributed by atoms with Gasteiger partial charge in [-0.05, 0) is 12.8 Å². The summed E-state index contributed by atoms with van der Waals surface area (Å²) < 4.78 is 5.14. The number of hydrogen-bond acceptors (Lipinski definition) is 2. The molecule has 0 aliphatic carbocycles. The van der Waals surface area contributed by atoms with Gasteiger partial charge in [0.05, 0.1) is 6.61 Å². The Morgan fingerprint density at radius 3 is 2.70 bits per heavy atom. The van der Waals surface area contributed by atoms with Crippen molar-refractivity contribution in [2.75, 3.05) is 6.61 Å². The maximum absolute atomic E-state index is 5.49. The molecular formula is C8H17NO. The summed E-state index contributed by atoms with van der Waals surface area (Å²) in [6.07, 6.45) is 4.79. The number of allylic oxidation sites excluding steroid dienone is 1. The molecule has 2 N–H and O–H groups in total. The highest BCUT2D eigenvalue weighted by Gasteiger charge is 1.84. The zero-order chi connectivity index (χ0) is 7.82. The van der Waals surface area contributed by atoms with Crippen molar-refractivity contribution in [2.24, 2.45) is 5.73 Å². The van der Waals surface area contributed by atoms with E-state index in [9.17, 15) is 0 Å². The SMILES string of the molecule is CCCCOC=C(N)CC. The average molecular weight is 143 g/mol. The van der Waals surface area contributed by atoms with Gasteiger partial charge >= 0.3 is 0 Å². The van der Waals surface area contributed by atoms with E-state index in [0.29, 0.717) is 0 Å². The van der Waals surface area contributed by atoms with E-state index in [1.54, 1.807) is 6.26 Å². The molecule has 2 heteroatoms. The van der Waals surface area contributed by atoms with Gasteiger partial charge in [-0.2, -0.15) is 0 Å². The molecule has 0 aromatic rings. The van der Waals surface area contributed by atoms with Crippen molar-refractivity contribution in [3.63, 3.8) is 0 Å². The van der Waals surface area contributed by atoms with Crippen LogP contribution in [0.3, 0.4) is 0 Å². The van der Waals surface area contributed by atoms with Crippen molar-refractivity contribution in [3.05, 3.63) is 12.0 Å². The summed E-state index contributed by atoms with van der Waals surface area (Å²) in [4.78, 5) is 0. The third-order valence-corrected chi connectivity index (χ3v) is 1.26. The summed E-state index contributed by atoms with van der Waals surface area (Å²) in [6.45, 7) is 4.93. The van der Waals surface area contributed by atoms with Gasteiger partial charge < -0.3 is 10.5 Å². The van der Waals surface area contributed by atoms with Crippen LogP contribution >= 0.6 is 0 Å². The molecule has 0 aromatic heterocycles. The van der Waals surface area contributed by atoms with Crippen molar-refractivity contribution in [2.45, 2.75) is 33.1 Å². The van der Waals surface area contributed by atoms with Gasteiger partial charge in [-0.15, -0.1) is 0 Å². The molecule has 0 bridgehead atoms.